The zero-order valence-corrected chi connectivity index (χ0v) is 13.2. The summed E-state index contributed by atoms with van der Waals surface area (Å²) < 4.78 is 0. The molecule has 2 aliphatic rings. The number of benzene rings is 1. The highest BCUT2D eigenvalue weighted by molar-refractivity contribution is 5.99. The Morgan fingerprint density at radius 3 is 2.71 bits per heavy atom. The third kappa shape index (κ3) is 2.92. The van der Waals surface area contributed by atoms with Gasteiger partial charge in [-0.1, -0.05) is 25.3 Å². The number of carbonyl (C=O) groups is 1. The SMILES string of the molecule is CNc1cc(C)ccc1C(=O)N1CCC2CCCCC2C1. The van der Waals surface area contributed by atoms with Crippen LogP contribution < -0.4 is 5.32 Å². The topological polar surface area (TPSA) is 32.3 Å². The minimum atomic E-state index is 0.198. The predicted octanol–water partition coefficient (Wildman–Crippen LogP) is 3.69. The predicted molar refractivity (Wildman–Crippen MR) is 86.7 cm³/mol. The van der Waals surface area contributed by atoms with Crippen molar-refractivity contribution in [2.45, 2.75) is 39.0 Å². The van der Waals surface area contributed by atoms with Crippen LogP contribution in [0.2, 0.25) is 0 Å². The van der Waals surface area contributed by atoms with E-state index in [1.807, 2.05) is 19.2 Å². The molecule has 1 amide bonds. The second-order valence-corrected chi connectivity index (χ2v) is 6.64. The van der Waals surface area contributed by atoms with Crippen molar-refractivity contribution in [3.8, 4) is 0 Å². The summed E-state index contributed by atoms with van der Waals surface area (Å²) >= 11 is 0. The molecular weight excluding hydrogens is 260 g/mol. The maximum absolute atomic E-state index is 12.9. The lowest BCUT2D eigenvalue weighted by atomic mass is 9.75. The van der Waals surface area contributed by atoms with Crippen molar-refractivity contribution >= 4 is 11.6 Å². The number of nitrogens with zero attached hydrogens (tertiary/aromatic N) is 1. The Morgan fingerprint density at radius 1 is 1.19 bits per heavy atom. The number of hydrogen-bond acceptors (Lipinski definition) is 2. The minimum Gasteiger partial charge on any atom is -0.387 e. The third-order valence-corrected chi connectivity index (χ3v) is 5.25. The van der Waals surface area contributed by atoms with Crippen LogP contribution in [0.25, 0.3) is 0 Å². The molecular formula is C18H26N2O. The van der Waals surface area contributed by atoms with Crippen LogP contribution in [0, 0.1) is 18.8 Å². The number of fused-ring (bicyclic) bond motifs is 1. The van der Waals surface area contributed by atoms with Crippen molar-refractivity contribution in [2.24, 2.45) is 11.8 Å². The molecule has 2 unspecified atom stereocenters. The van der Waals surface area contributed by atoms with Gasteiger partial charge in [0, 0.05) is 25.8 Å². The smallest absolute Gasteiger partial charge is 0.255 e. The number of aryl methyl sites for hydroxylation is 1. The zero-order chi connectivity index (χ0) is 14.8. The third-order valence-electron chi connectivity index (χ3n) is 5.25. The molecule has 21 heavy (non-hydrogen) atoms. The van der Waals surface area contributed by atoms with Crippen LogP contribution in [0.1, 0.15) is 48.0 Å². The van der Waals surface area contributed by atoms with Gasteiger partial charge >= 0.3 is 0 Å². The van der Waals surface area contributed by atoms with Crippen molar-refractivity contribution < 1.29 is 4.79 Å². The fraction of sp³-hybridized carbons (Fsp3) is 0.611. The van der Waals surface area contributed by atoms with E-state index in [9.17, 15) is 4.79 Å². The van der Waals surface area contributed by atoms with Gasteiger partial charge in [0.05, 0.1) is 5.56 Å². The standard InChI is InChI=1S/C18H26N2O/c1-13-7-8-16(17(11-13)19-2)18(21)20-10-9-14-5-3-4-6-15(14)12-20/h7-8,11,14-15,19H,3-6,9-10,12H2,1-2H3. The average Bonchev–Trinajstić information content (AvgIpc) is 2.53. The van der Waals surface area contributed by atoms with Crippen molar-refractivity contribution in [3.05, 3.63) is 29.3 Å². The van der Waals surface area contributed by atoms with E-state index >= 15 is 0 Å². The molecule has 1 aliphatic carbocycles. The maximum Gasteiger partial charge on any atom is 0.255 e. The van der Waals surface area contributed by atoms with E-state index in [2.05, 4.69) is 23.2 Å². The first-order valence-corrected chi connectivity index (χ1v) is 8.26. The molecule has 1 saturated carbocycles. The number of anilines is 1. The van der Waals surface area contributed by atoms with Gasteiger partial charge in [-0.2, -0.15) is 0 Å². The molecule has 1 N–H and O–H groups in total. The molecule has 1 aromatic carbocycles. The minimum absolute atomic E-state index is 0.198. The summed E-state index contributed by atoms with van der Waals surface area (Å²) in [5.41, 5.74) is 2.95. The molecule has 3 nitrogen and oxygen atoms in total. The summed E-state index contributed by atoms with van der Waals surface area (Å²) in [4.78, 5) is 14.9. The number of nitrogens with one attached hydrogen (secondary N) is 1. The maximum atomic E-state index is 12.9. The lowest BCUT2D eigenvalue weighted by Gasteiger charge is -2.41. The number of likely N-dealkylation sites (tertiary alicyclic amines) is 1. The van der Waals surface area contributed by atoms with Crippen LogP contribution in [0.15, 0.2) is 18.2 Å². The average molecular weight is 286 g/mol. The van der Waals surface area contributed by atoms with Gasteiger partial charge in [-0.3, -0.25) is 4.79 Å². The number of piperidine rings is 1. The molecule has 0 spiro atoms. The Labute approximate surface area is 127 Å². The van der Waals surface area contributed by atoms with Crippen molar-refractivity contribution in [2.75, 3.05) is 25.5 Å². The molecule has 0 aromatic heterocycles. The molecule has 0 bridgehead atoms. The van der Waals surface area contributed by atoms with E-state index in [-0.39, 0.29) is 5.91 Å². The Bertz CT molecular complexity index is 526. The van der Waals surface area contributed by atoms with Gasteiger partial charge in [0.15, 0.2) is 0 Å². The quantitative estimate of drug-likeness (QED) is 0.899. The normalized spacial score (nSPS) is 25.3. The Hall–Kier alpha value is -1.51. The molecule has 114 valence electrons. The zero-order valence-electron chi connectivity index (χ0n) is 13.2. The lowest BCUT2D eigenvalue weighted by Crippen LogP contribution is -2.44. The van der Waals surface area contributed by atoms with E-state index in [0.717, 1.165) is 36.2 Å². The monoisotopic (exact) mass is 286 g/mol. The number of amides is 1. The largest absolute Gasteiger partial charge is 0.387 e. The highest BCUT2D eigenvalue weighted by Gasteiger charge is 2.33. The summed E-state index contributed by atoms with van der Waals surface area (Å²) in [6.07, 6.45) is 6.60. The first-order chi connectivity index (χ1) is 10.2. The van der Waals surface area contributed by atoms with Crippen LogP contribution in [-0.2, 0) is 0 Å². The Morgan fingerprint density at radius 2 is 1.95 bits per heavy atom. The summed E-state index contributed by atoms with van der Waals surface area (Å²) in [6, 6.07) is 6.05. The van der Waals surface area contributed by atoms with Crippen LogP contribution in [0.3, 0.4) is 0 Å². The second-order valence-electron chi connectivity index (χ2n) is 6.64. The first-order valence-electron chi connectivity index (χ1n) is 8.26. The molecule has 2 fully saturated rings. The molecule has 3 heteroatoms. The van der Waals surface area contributed by atoms with Gasteiger partial charge in [-0.05, 0) is 49.3 Å². The van der Waals surface area contributed by atoms with Crippen LogP contribution in [0.4, 0.5) is 5.69 Å². The summed E-state index contributed by atoms with van der Waals surface area (Å²) in [5, 5.41) is 3.17. The number of hydrogen-bond donors (Lipinski definition) is 1. The van der Waals surface area contributed by atoms with Crippen LogP contribution in [-0.4, -0.2) is 30.9 Å². The van der Waals surface area contributed by atoms with E-state index in [1.165, 1.54) is 37.7 Å². The molecule has 1 aliphatic heterocycles. The fourth-order valence-electron chi connectivity index (χ4n) is 4.01. The second kappa shape index (κ2) is 6.08. The van der Waals surface area contributed by atoms with Crippen molar-refractivity contribution in [1.29, 1.82) is 0 Å². The van der Waals surface area contributed by atoms with E-state index < -0.39 is 0 Å². The van der Waals surface area contributed by atoms with Gasteiger partial charge < -0.3 is 10.2 Å². The highest BCUT2D eigenvalue weighted by Crippen LogP contribution is 2.36. The van der Waals surface area contributed by atoms with E-state index in [1.54, 1.807) is 0 Å². The van der Waals surface area contributed by atoms with Crippen molar-refractivity contribution in [1.82, 2.24) is 4.90 Å². The van der Waals surface area contributed by atoms with Gasteiger partial charge in [0.2, 0.25) is 0 Å². The number of carbonyl (C=O) groups excluding carboxylic acids is 1. The fourth-order valence-corrected chi connectivity index (χ4v) is 4.01. The van der Waals surface area contributed by atoms with Gasteiger partial charge in [0.1, 0.15) is 0 Å². The van der Waals surface area contributed by atoms with E-state index in [0.29, 0.717) is 0 Å². The highest BCUT2D eigenvalue weighted by atomic mass is 16.2. The van der Waals surface area contributed by atoms with Gasteiger partial charge in [-0.25, -0.2) is 0 Å². The van der Waals surface area contributed by atoms with E-state index in [4.69, 9.17) is 0 Å². The molecule has 0 radical (unpaired) electrons. The Kier molecular flexibility index (Phi) is 4.18. The summed E-state index contributed by atoms with van der Waals surface area (Å²) in [5.74, 6) is 1.80. The summed E-state index contributed by atoms with van der Waals surface area (Å²) in [6.45, 7) is 3.94. The lowest BCUT2D eigenvalue weighted by molar-refractivity contribution is 0.0522. The molecule has 2 atom stereocenters. The van der Waals surface area contributed by atoms with Crippen LogP contribution >= 0.6 is 0 Å². The first kappa shape index (κ1) is 14.4. The number of rotatable bonds is 2. The Balaban J connectivity index is 1.76. The molecule has 3 rings (SSSR count). The molecule has 1 heterocycles. The van der Waals surface area contributed by atoms with Crippen LogP contribution in [0.5, 0.6) is 0 Å². The van der Waals surface area contributed by atoms with Gasteiger partial charge in [-0.15, -0.1) is 0 Å². The molecule has 1 aromatic rings. The van der Waals surface area contributed by atoms with Gasteiger partial charge in [0.25, 0.3) is 5.91 Å². The van der Waals surface area contributed by atoms with Crippen molar-refractivity contribution in [3.63, 3.8) is 0 Å². The summed E-state index contributed by atoms with van der Waals surface area (Å²) in [7, 11) is 1.89. The molecule has 1 saturated heterocycles.